The third kappa shape index (κ3) is 5.68. The van der Waals surface area contributed by atoms with Gasteiger partial charge < -0.3 is 10.1 Å². The van der Waals surface area contributed by atoms with E-state index < -0.39 is 16.1 Å². The molecule has 3 rings (SSSR count). The summed E-state index contributed by atoms with van der Waals surface area (Å²) in [5.41, 5.74) is 1.42. The molecule has 0 fully saturated rings. The molecule has 0 bridgehead atoms. The second-order valence-electron chi connectivity index (χ2n) is 8.21. The van der Waals surface area contributed by atoms with Crippen LogP contribution in [-0.2, 0) is 14.8 Å². The molecule has 2 atom stereocenters. The van der Waals surface area contributed by atoms with Crippen LogP contribution in [0.1, 0.15) is 64.1 Å². The summed E-state index contributed by atoms with van der Waals surface area (Å²) in [5, 5.41) is 3.03. The topological polar surface area (TPSA) is 96.9 Å². The molecule has 0 spiro atoms. The van der Waals surface area contributed by atoms with E-state index in [9.17, 15) is 13.2 Å². The van der Waals surface area contributed by atoms with Crippen LogP contribution in [0.5, 0.6) is 5.75 Å². The summed E-state index contributed by atoms with van der Waals surface area (Å²) in [4.78, 5) is 17.9. The average Bonchev–Trinajstić information content (AvgIpc) is 3.01. The Balaban J connectivity index is 1.81. The second-order valence-corrected chi connectivity index (χ2v) is 9.86. The van der Waals surface area contributed by atoms with Crippen molar-refractivity contribution in [1.82, 2.24) is 10.0 Å². The number of amidine groups is 1. The lowest BCUT2D eigenvalue weighted by Gasteiger charge is -2.20. The van der Waals surface area contributed by atoms with Crippen LogP contribution in [0.3, 0.4) is 0 Å². The number of sulfonamides is 1. The highest BCUT2D eigenvalue weighted by atomic mass is 32.2. The maximum atomic E-state index is 13.1. The number of hydrogen-bond acceptors (Lipinski definition) is 5. The van der Waals surface area contributed by atoms with Crippen molar-refractivity contribution in [3.05, 3.63) is 59.7 Å². The molecule has 1 amide bonds. The molecule has 0 saturated heterocycles. The van der Waals surface area contributed by atoms with Gasteiger partial charge in [0.1, 0.15) is 17.6 Å². The first kappa shape index (κ1) is 23.8. The van der Waals surface area contributed by atoms with Crippen LogP contribution in [0.25, 0.3) is 0 Å². The predicted octanol–water partition coefficient (Wildman–Crippen LogP) is 3.95. The van der Waals surface area contributed by atoms with E-state index in [0.717, 1.165) is 24.2 Å². The van der Waals surface area contributed by atoms with Crippen LogP contribution in [0.4, 0.5) is 0 Å². The number of benzene rings is 2. The lowest BCUT2D eigenvalue weighted by molar-refractivity contribution is -0.123. The number of carbonyl (C=O) groups excluding carboxylic acids is 1. The molecule has 32 heavy (non-hydrogen) atoms. The molecular formula is C24H31N3O4S. The molecule has 2 N–H and O–H groups in total. The molecule has 2 aromatic rings. The Morgan fingerprint density at radius 2 is 1.88 bits per heavy atom. The van der Waals surface area contributed by atoms with Crippen LogP contribution in [0.2, 0.25) is 0 Å². The highest BCUT2D eigenvalue weighted by Crippen LogP contribution is 2.24. The number of ether oxygens (including phenoxy) is 1. The van der Waals surface area contributed by atoms with E-state index in [-0.39, 0.29) is 28.8 Å². The Morgan fingerprint density at radius 3 is 2.59 bits per heavy atom. The zero-order chi connectivity index (χ0) is 23.3. The molecule has 7 nitrogen and oxygen atoms in total. The normalized spacial score (nSPS) is 17.5. The van der Waals surface area contributed by atoms with Gasteiger partial charge in [0.25, 0.3) is 10.0 Å². The van der Waals surface area contributed by atoms with Crippen molar-refractivity contribution in [2.24, 2.45) is 4.99 Å². The molecule has 0 radical (unpaired) electrons. The van der Waals surface area contributed by atoms with E-state index in [4.69, 9.17) is 4.74 Å². The fourth-order valence-corrected chi connectivity index (χ4v) is 4.80. The van der Waals surface area contributed by atoms with Crippen molar-refractivity contribution in [3.63, 3.8) is 0 Å². The molecule has 8 heteroatoms. The van der Waals surface area contributed by atoms with Gasteiger partial charge in [-0.05, 0) is 57.0 Å². The Bertz CT molecular complexity index is 1100. The number of rotatable bonds is 9. The number of unbranched alkanes of at least 4 members (excludes halogenated alkanes) is 1. The van der Waals surface area contributed by atoms with E-state index in [2.05, 4.69) is 15.0 Å². The number of aliphatic imine (C=N–C) groups is 1. The maximum Gasteiger partial charge on any atom is 0.263 e. The SMILES string of the molecule is CCCCC(N=C1NS(=O)(=O)c2ccccc21)C(=O)NC(C)c1cccc(OC(C)C)c1. The minimum absolute atomic E-state index is 0.0578. The minimum Gasteiger partial charge on any atom is -0.491 e. The smallest absolute Gasteiger partial charge is 0.263 e. The summed E-state index contributed by atoms with van der Waals surface area (Å²) in [5.74, 6) is 0.729. The molecule has 1 heterocycles. The maximum absolute atomic E-state index is 13.1. The van der Waals surface area contributed by atoms with E-state index in [0.29, 0.717) is 12.0 Å². The van der Waals surface area contributed by atoms with Crippen LogP contribution in [-0.4, -0.2) is 32.3 Å². The fourth-order valence-electron chi connectivity index (χ4n) is 3.56. The monoisotopic (exact) mass is 457 g/mol. The highest BCUT2D eigenvalue weighted by Gasteiger charge is 2.32. The summed E-state index contributed by atoms with van der Waals surface area (Å²) in [6.45, 7) is 7.87. The van der Waals surface area contributed by atoms with Crippen molar-refractivity contribution in [3.8, 4) is 5.75 Å². The first-order valence-corrected chi connectivity index (χ1v) is 12.5. The zero-order valence-electron chi connectivity index (χ0n) is 19.0. The van der Waals surface area contributed by atoms with Gasteiger partial charge in [-0.25, -0.2) is 8.42 Å². The van der Waals surface area contributed by atoms with Gasteiger partial charge in [-0.2, -0.15) is 0 Å². The van der Waals surface area contributed by atoms with E-state index in [1.54, 1.807) is 18.2 Å². The fraction of sp³-hybridized carbons (Fsp3) is 0.417. The first-order valence-electron chi connectivity index (χ1n) is 11.0. The summed E-state index contributed by atoms with van der Waals surface area (Å²) < 4.78 is 33.0. The summed E-state index contributed by atoms with van der Waals surface area (Å²) in [7, 11) is -3.65. The Labute approximate surface area is 190 Å². The van der Waals surface area contributed by atoms with Crippen molar-refractivity contribution in [2.75, 3.05) is 0 Å². The van der Waals surface area contributed by atoms with Gasteiger partial charge in [0, 0.05) is 5.56 Å². The average molecular weight is 458 g/mol. The first-order chi connectivity index (χ1) is 15.2. The zero-order valence-corrected chi connectivity index (χ0v) is 19.8. The molecule has 1 aliphatic rings. The third-order valence-corrected chi connectivity index (χ3v) is 6.57. The van der Waals surface area contributed by atoms with Gasteiger partial charge in [0.2, 0.25) is 5.91 Å². The van der Waals surface area contributed by atoms with Crippen LogP contribution in [0, 0.1) is 0 Å². The van der Waals surface area contributed by atoms with Crippen LogP contribution < -0.4 is 14.8 Å². The lowest BCUT2D eigenvalue weighted by atomic mass is 10.1. The number of amides is 1. The quantitative estimate of drug-likeness (QED) is 0.596. The molecule has 172 valence electrons. The van der Waals surface area contributed by atoms with E-state index in [1.165, 1.54) is 6.07 Å². The highest BCUT2D eigenvalue weighted by molar-refractivity contribution is 7.90. The van der Waals surface area contributed by atoms with Gasteiger partial charge in [-0.15, -0.1) is 0 Å². The largest absolute Gasteiger partial charge is 0.491 e. The van der Waals surface area contributed by atoms with Gasteiger partial charge >= 0.3 is 0 Å². The van der Waals surface area contributed by atoms with Crippen LogP contribution in [0.15, 0.2) is 58.4 Å². The van der Waals surface area contributed by atoms with Gasteiger partial charge in [-0.3, -0.25) is 14.5 Å². The van der Waals surface area contributed by atoms with Crippen molar-refractivity contribution in [1.29, 1.82) is 0 Å². The summed E-state index contributed by atoms with van der Waals surface area (Å²) in [6.07, 6.45) is 2.29. The number of nitrogens with one attached hydrogen (secondary N) is 2. The number of fused-ring (bicyclic) bond motifs is 1. The van der Waals surface area contributed by atoms with Gasteiger partial charge in [0.15, 0.2) is 0 Å². The van der Waals surface area contributed by atoms with Crippen molar-refractivity contribution < 1.29 is 17.9 Å². The third-order valence-electron chi connectivity index (χ3n) is 5.17. The molecular weight excluding hydrogens is 426 g/mol. The molecule has 1 aliphatic heterocycles. The van der Waals surface area contributed by atoms with Crippen LogP contribution >= 0.6 is 0 Å². The second kappa shape index (κ2) is 10.2. The lowest BCUT2D eigenvalue weighted by Crippen LogP contribution is -2.37. The van der Waals surface area contributed by atoms with Crippen molar-refractivity contribution in [2.45, 2.75) is 70.0 Å². The van der Waals surface area contributed by atoms with Gasteiger partial charge in [0.05, 0.1) is 17.0 Å². The molecule has 0 saturated carbocycles. The molecule has 0 aliphatic carbocycles. The Morgan fingerprint density at radius 1 is 1.12 bits per heavy atom. The summed E-state index contributed by atoms with van der Waals surface area (Å²) >= 11 is 0. The molecule has 2 unspecified atom stereocenters. The number of hydrogen-bond donors (Lipinski definition) is 2. The predicted molar refractivity (Wildman–Crippen MR) is 125 cm³/mol. The molecule has 0 aromatic heterocycles. The number of nitrogens with zero attached hydrogens (tertiary/aromatic N) is 1. The minimum atomic E-state index is -3.65. The standard InChI is InChI=1S/C24H31N3O4S/c1-5-6-13-21(26-23-20-12-7-8-14-22(20)32(29,30)27-23)24(28)25-17(4)18-10-9-11-19(15-18)31-16(2)3/h7-12,14-17,21H,5-6,13H2,1-4H3,(H,25,28)(H,26,27). The summed E-state index contributed by atoms with van der Waals surface area (Å²) in [6, 6.07) is 13.3. The Hall–Kier alpha value is -2.87. The van der Waals surface area contributed by atoms with E-state index in [1.807, 2.05) is 52.0 Å². The Kier molecular flexibility index (Phi) is 7.56. The number of carbonyl (C=O) groups is 1. The van der Waals surface area contributed by atoms with E-state index >= 15 is 0 Å². The molecule has 2 aromatic carbocycles. The van der Waals surface area contributed by atoms with Gasteiger partial charge in [-0.1, -0.05) is 44.0 Å². The van der Waals surface area contributed by atoms with Crippen molar-refractivity contribution >= 4 is 21.8 Å².